The minimum atomic E-state index is 0. The number of hydrogen-bond acceptors (Lipinski definition) is 5. The van der Waals surface area contributed by atoms with E-state index in [1.807, 2.05) is 24.3 Å². The van der Waals surface area contributed by atoms with E-state index in [4.69, 9.17) is 18.9 Å². The highest BCUT2D eigenvalue weighted by atomic mass is 35.5. The molecule has 2 aromatic rings. The fraction of sp³-hybridized carbons (Fsp3) is 0.429. The molecular formula is C21H28ClNO4. The van der Waals surface area contributed by atoms with Crippen LogP contribution in [0.3, 0.4) is 0 Å². The van der Waals surface area contributed by atoms with Crippen molar-refractivity contribution in [1.82, 2.24) is 5.32 Å². The third-order valence-electron chi connectivity index (χ3n) is 4.73. The van der Waals surface area contributed by atoms with Gasteiger partial charge in [0.05, 0.1) is 21.3 Å². The smallest absolute Gasteiger partial charge is 0.161 e. The van der Waals surface area contributed by atoms with E-state index in [0.29, 0.717) is 6.04 Å². The lowest BCUT2D eigenvalue weighted by atomic mass is 10.1. The second kappa shape index (κ2) is 9.72. The maximum atomic E-state index is 6.02. The number of nitrogens with one attached hydrogen (secondary N) is 1. The Hall–Kier alpha value is -2.11. The Kier molecular flexibility index (Phi) is 7.63. The van der Waals surface area contributed by atoms with E-state index in [1.165, 1.54) is 11.1 Å². The lowest BCUT2D eigenvalue weighted by Gasteiger charge is -2.19. The third-order valence-corrected chi connectivity index (χ3v) is 4.73. The number of para-hydroxylation sites is 2. The van der Waals surface area contributed by atoms with Crippen molar-refractivity contribution in [3.8, 4) is 23.0 Å². The fourth-order valence-electron chi connectivity index (χ4n) is 3.40. The van der Waals surface area contributed by atoms with Crippen molar-refractivity contribution in [2.45, 2.75) is 31.9 Å². The second-order valence-corrected chi connectivity index (χ2v) is 6.57. The lowest BCUT2D eigenvalue weighted by Crippen LogP contribution is -2.37. The summed E-state index contributed by atoms with van der Waals surface area (Å²) in [6, 6.07) is 12.3. The van der Waals surface area contributed by atoms with Crippen molar-refractivity contribution < 1.29 is 18.9 Å². The Morgan fingerprint density at radius 2 is 1.41 bits per heavy atom. The summed E-state index contributed by atoms with van der Waals surface area (Å²) in [7, 11) is 5.00. The molecule has 1 atom stereocenters. The van der Waals surface area contributed by atoms with Crippen molar-refractivity contribution in [2.24, 2.45) is 0 Å². The Morgan fingerprint density at radius 3 is 1.93 bits per heavy atom. The first-order valence-corrected chi connectivity index (χ1v) is 8.91. The molecule has 3 rings (SSSR count). The number of methoxy groups -OCH3 is 3. The quantitative estimate of drug-likeness (QED) is 0.741. The highest BCUT2D eigenvalue weighted by Crippen LogP contribution is 2.35. The maximum absolute atomic E-state index is 6.02. The molecule has 1 aliphatic rings. The zero-order chi connectivity index (χ0) is 18.5. The van der Waals surface area contributed by atoms with Crippen LogP contribution in [0.4, 0.5) is 0 Å². The van der Waals surface area contributed by atoms with Crippen LogP contribution in [0, 0.1) is 0 Å². The van der Waals surface area contributed by atoms with Gasteiger partial charge in [0.2, 0.25) is 0 Å². The third kappa shape index (κ3) is 4.99. The molecule has 0 saturated carbocycles. The van der Waals surface area contributed by atoms with Gasteiger partial charge in [-0.3, -0.25) is 0 Å². The van der Waals surface area contributed by atoms with Gasteiger partial charge in [-0.1, -0.05) is 12.1 Å². The van der Waals surface area contributed by atoms with Gasteiger partial charge >= 0.3 is 0 Å². The number of ether oxygens (including phenoxy) is 4. The van der Waals surface area contributed by atoms with E-state index in [2.05, 4.69) is 24.4 Å². The summed E-state index contributed by atoms with van der Waals surface area (Å²) in [5.41, 5.74) is 2.64. The van der Waals surface area contributed by atoms with Crippen LogP contribution in [-0.4, -0.2) is 40.0 Å². The minimum Gasteiger partial charge on any atom is -0.493 e. The maximum Gasteiger partial charge on any atom is 0.161 e. The number of fused-ring (bicyclic) bond motifs is 1. The van der Waals surface area contributed by atoms with Crippen LogP contribution in [0.5, 0.6) is 23.0 Å². The number of benzene rings is 2. The van der Waals surface area contributed by atoms with Crippen LogP contribution in [0.15, 0.2) is 36.4 Å². The molecule has 1 N–H and O–H groups in total. The predicted molar refractivity (Wildman–Crippen MR) is 109 cm³/mol. The largest absolute Gasteiger partial charge is 0.493 e. The van der Waals surface area contributed by atoms with Gasteiger partial charge in [-0.25, -0.2) is 0 Å². The Bertz CT molecular complexity index is 720. The molecule has 0 fully saturated rings. The molecule has 0 aromatic heterocycles. The van der Waals surface area contributed by atoms with Gasteiger partial charge in [0.25, 0.3) is 0 Å². The summed E-state index contributed by atoms with van der Waals surface area (Å²) >= 11 is 0. The summed E-state index contributed by atoms with van der Waals surface area (Å²) in [4.78, 5) is 0. The highest BCUT2D eigenvalue weighted by molar-refractivity contribution is 5.85. The monoisotopic (exact) mass is 393 g/mol. The molecule has 27 heavy (non-hydrogen) atoms. The van der Waals surface area contributed by atoms with Crippen LogP contribution in [0.2, 0.25) is 0 Å². The molecule has 0 spiro atoms. The van der Waals surface area contributed by atoms with E-state index < -0.39 is 0 Å². The molecule has 6 heteroatoms. The summed E-state index contributed by atoms with van der Waals surface area (Å²) in [6.45, 7) is 2.83. The highest BCUT2D eigenvalue weighted by Gasteiger charge is 2.24. The molecule has 0 amide bonds. The van der Waals surface area contributed by atoms with E-state index in [0.717, 1.165) is 42.4 Å². The molecule has 1 aliphatic carbocycles. The van der Waals surface area contributed by atoms with Crippen LogP contribution >= 0.6 is 12.4 Å². The SMILES string of the molecule is COc1cc2c(cc1OC)CC(NCC(C)Oc1ccccc1OC)C2.Cl. The molecule has 0 heterocycles. The van der Waals surface area contributed by atoms with E-state index in [1.54, 1.807) is 21.3 Å². The van der Waals surface area contributed by atoms with Crippen molar-refractivity contribution in [3.05, 3.63) is 47.5 Å². The van der Waals surface area contributed by atoms with Crippen LogP contribution in [0.25, 0.3) is 0 Å². The Morgan fingerprint density at radius 1 is 0.889 bits per heavy atom. The second-order valence-electron chi connectivity index (χ2n) is 6.57. The van der Waals surface area contributed by atoms with Gasteiger partial charge < -0.3 is 24.3 Å². The molecule has 0 radical (unpaired) electrons. The fourth-order valence-corrected chi connectivity index (χ4v) is 3.40. The average Bonchev–Trinajstić information content (AvgIpc) is 3.07. The lowest BCUT2D eigenvalue weighted by molar-refractivity contribution is 0.203. The van der Waals surface area contributed by atoms with Gasteiger partial charge in [-0.05, 0) is 55.2 Å². The summed E-state index contributed by atoms with van der Waals surface area (Å²) < 4.78 is 22.2. The molecule has 0 bridgehead atoms. The molecule has 0 aliphatic heterocycles. The number of hydrogen-bond donors (Lipinski definition) is 1. The minimum absolute atomic E-state index is 0. The standard InChI is InChI=1S/C21H27NO4.ClH/c1-14(26-19-8-6-5-7-18(19)23-2)13-22-17-9-15-11-20(24-3)21(25-4)12-16(15)10-17;/h5-8,11-12,14,17,22H,9-10,13H2,1-4H3;1H. The molecule has 5 nitrogen and oxygen atoms in total. The Labute approximate surface area is 167 Å². The molecular weight excluding hydrogens is 366 g/mol. The normalized spacial score (nSPS) is 14.1. The average molecular weight is 394 g/mol. The topological polar surface area (TPSA) is 49.0 Å². The van der Waals surface area contributed by atoms with Gasteiger partial charge in [-0.15, -0.1) is 12.4 Å². The molecule has 148 valence electrons. The first kappa shape index (κ1) is 21.2. The van der Waals surface area contributed by atoms with Gasteiger partial charge in [0, 0.05) is 12.6 Å². The van der Waals surface area contributed by atoms with Gasteiger partial charge in [-0.2, -0.15) is 0 Å². The summed E-state index contributed by atoms with van der Waals surface area (Å²) in [6.07, 6.45) is 2.01. The van der Waals surface area contributed by atoms with E-state index in [9.17, 15) is 0 Å². The molecule has 2 aromatic carbocycles. The number of rotatable bonds is 8. The zero-order valence-corrected chi connectivity index (χ0v) is 17.1. The van der Waals surface area contributed by atoms with Crippen molar-refractivity contribution >= 4 is 12.4 Å². The Balaban J connectivity index is 0.00000261. The van der Waals surface area contributed by atoms with E-state index >= 15 is 0 Å². The molecule has 1 unspecified atom stereocenters. The molecule has 0 saturated heterocycles. The summed E-state index contributed by atoms with van der Waals surface area (Å²) in [5, 5.41) is 3.61. The number of halogens is 1. The van der Waals surface area contributed by atoms with Crippen molar-refractivity contribution in [1.29, 1.82) is 0 Å². The first-order valence-electron chi connectivity index (χ1n) is 8.91. The van der Waals surface area contributed by atoms with E-state index in [-0.39, 0.29) is 18.5 Å². The predicted octanol–water partition coefficient (Wildman–Crippen LogP) is 3.66. The van der Waals surface area contributed by atoms with Crippen LogP contribution < -0.4 is 24.3 Å². The van der Waals surface area contributed by atoms with Crippen molar-refractivity contribution in [2.75, 3.05) is 27.9 Å². The van der Waals surface area contributed by atoms with Gasteiger partial charge in [0.15, 0.2) is 23.0 Å². The zero-order valence-electron chi connectivity index (χ0n) is 16.3. The van der Waals surface area contributed by atoms with Gasteiger partial charge in [0.1, 0.15) is 6.10 Å². The summed E-state index contributed by atoms with van der Waals surface area (Å²) in [5.74, 6) is 3.11. The first-order chi connectivity index (χ1) is 12.6. The van der Waals surface area contributed by atoms with Crippen LogP contribution in [0.1, 0.15) is 18.1 Å². The van der Waals surface area contributed by atoms with Crippen LogP contribution in [-0.2, 0) is 12.8 Å². The van der Waals surface area contributed by atoms with Crippen molar-refractivity contribution in [3.63, 3.8) is 0 Å².